The Morgan fingerprint density at radius 3 is 2.70 bits per heavy atom. The zero-order valence-corrected chi connectivity index (χ0v) is 15.1. The van der Waals surface area contributed by atoms with Crippen LogP contribution < -0.4 is 15.0 Å². The van der Waals surface area contributed by atoms with Crippen LogP contribution in [0.5, 0.6) is 5.75 Å². The van der Waals surface area contributed by atoms with E-state index in [2.05, 4.69) is 56.8 Å². The maximum atomic E-state index is 10.8. The van der Waals surface area contributed by atoms with Crippen molar-refractivity contribution in [3.8, 4) is 16.9 Å². The van der Waals surface area contributed by atoms with Crippen LogP contribution in [0.3, 0.4) is 0 Å². The van der Waals surface area contributed by atoms with Crippen molar-refractivity contribution in [1.29, 1.82) is 0 Å². The number of hydrogen-bond donors (Lipinski definition) is 3. The van der Waals surface area contributed by atoms with Gasteiger partial charge in [-0.3, -0.25) is 10.4 Å². The molecule has 138 valence electrons. The van der Waals surface area contributed by atoms with Gasteiger partial charge in [-0.15, -0.1) is 0 Å². The van der Waals surface area contributed by atoms with Gasteiger partial charge < -0.3 is 14.7 Å². The van der Waals surface area contributed by atoms with Crippen molar-refractivity contribution in [2.45, 2.75) is 24.6 Å². The third-order valence-corrected chi connectivity index (χ3v) is 5.84. The summed E-state index contributed by atoms with van der Waals surface area (Å²) in [7, 11) is 1.68. The lowest BCUT2D eigenvalue weighted by molar-refractivity contribution is 0.0957. The molecular formula is C21H22N4O2. The first kappa shape index (κ1) is 16.4. The highest BCUT2D eigenvalue weighted by molar-refractivity contribution is 5.76. The largest absolute Gasteiger partial charge is 0.497 e. The van der Waals surface area contributed by atoms with Gasteiger partial charge in [-0.1, -0.05) is 18.2 Å². The Morgan fingerprint density at radius 2 is 2.04 bits per heavy atom. The van der Waals surface area contributed by atoms with E-state index in [0.29, 0.717) is 0 Å². The van der Waals surface area contributed by atoms with Gasteiger partial charge in [-0.25, -0.2) is 0 Å². The maximum absolute atomic E-state index is 10.8. The maximum Gasteiger partial charge on any atom is 0.129 e. The Morgan fingerprint density at radius 1 is 1.19 bits per heavy atom. The van der Waals surface area contributed by atoms with E-state index < -0.39 is 6.23 Å². The minimum atomic E-state index is -0.579. The highest BCUT2D eigenvalue weighted by Crippen LogP contribution is 2.49. The van der Waals surface area contributed by atoms with Gasteiger partial charge in [-0.2, -0.15) is 5.10 Å². The number of nitrogens with zero attached hydrogens (tertiary/aromatic N) is 2. The van der Waals surface area contributed by atoms with E-state index >= 15 is 0 Å². The highest BCUT2D eigenvalue weighted by Gasteiger charge is 2.52. The van der Waals surface area contributed by atoms with Gasteiger partial charge in [0.15, 0.2) is 0 Å². The number of hydrogen-bond acceptors (Lipinski definition) is 5. The van der Waals surface area contributed by atoms with Gasteiger partial charge in [0.1, 0.15) is 12.0 Å². The fourth-order valence-electron chi connectivity index (χ4n) is 4.46. The predicted octanol–water partition coefficient (Wildman–Crippen LogP) is 2.83. The fraction of sp³-hybridized carbons (Fsp3) is 0.286. The number of aliphatic hydroxyl groups is 1. The molecule has 3 heterocycles. The molecule has 0 aliphatic carbocycles. The van der Waals surface area contributed by atoms with Gasteiger partial charge in [-0.05, 0) is 42.3 Å². The molecular weight excluding hydrogens is 340 g/mol. The molecule has 1 aromatic heterocycles. The van der Waals surface area contributed by atoms with Crippen molar-refractivity contribution < 1.29 is 9.84 Å². The molecule has 5 rings (SSSR count). The summed E-state index contributed by atoms with van der Waals surface area (Å²) in [4.78, 5) is 2.29. The molecule has 2 unspecified atom stereocenters. The lowest BCUT2D eigenvalue weighted by Crippen LogP contribution is -2.53. The fourth-order valence-corrected chi connectivity index (χ4v) is 4.46. The second-order valence-electron chi connectivity index (χ2n) is 7.25. The average Bonchev–Trinajstić information content (AvgIpc) is 3.42. The number of aromatic amines is 1. The van der Waals surface area contributed by atoms with Gasteiger partial charge in [0, 0.05) is 35.6 Å². The van der Waals surface area contributed by atoms with E-state index in [9.17, 15) is 5.11 Å². The van der Waals surface area contributed by atoms with Crippen molar-refractivity contribution in [2.75, 3.05) is 18.6 Å². The Labute approximate surface area is 157 Å². The predicted molar refractivity (Wildman–Crippen MR) is 104 cm³/mol. The molecule has 2 aliphatic heterocycles. The molecule has 2 aliphatic rings. The number of rotatable bonds is 3. The number of benzene rings is 2. The minimum absolute atomic E-state index is 0.369. The van der Waals surface area contributed by atoms with Crippen LogP contribution in [0, 0.1) is 0 Å². The summed E-state index contributed by atoms with van der Waals surface area (Å²) in [5.74, 6) is 0.825. The van der Waals surface area contributed by atoms with Crippen LogP contribution in [0.4, 0.5) is 11.4 Å². The zero-order valence-electron chi connectivity index (χ0n) is 15.1. The molecule has 0 amide bonds. The molecule has 3 aromatic rings. The molecule has 3 N–H and O–H groups in total. The number of aromatic nitrogens is 2. The number of fused-ring (bicyclic) bond motifs is 1. The van der Waals surface area contributed by atoms with Crippen molar-refractivity contribution in [3.63, 3.8) is 0 Å². The number of nitrogens with one attached hydrogen (secondary N) is 2. The molecule has 1 spiro atoms. The van der Waals surface area contributed by atoms with Crippen molar-refractivity contribution in [1.82, 2.24) is 15.5 Å². The second kappa shape index (κ2) is 6.11. The van der Waals surface area contributed by atoms with Crippen LogP contribution in [-0.2, 0) is 6.42 Å². The molecule has 2 atom stereocenters. The number of aliphatic hydroxyl groups excluding tert-OH is 1. The van der Waals surface area contributed by atoms with Gasteiger partial charge in [0.2, 0.25) is 0 Å². The first-order chi connectivity index (χ1) is 13.2. The molecule has 2 aromatic carbocycles. The van der Waals surface area contributed by atoms with E-state index in [1.54, 1.807) is 7.11 Å². The van der Waals surface area contributed by atoms with Crippen LogP contribution in [-0.4, -0.2) is 40.7 Å². The van der Waals surface area contributed by atoms with E-state index in [4.69, 9.17) is 4.74 Å². The summed E-state index contributed by atoms with van der Waals surface area (Å²) in [6.45, 7) is 0.801. The summed E-state index contributed by atoms with van der Waals surface area (Å²) < 4.78 is 5.45. The molecule has 1 fully saturated rings. The van der Waals surface area contributed by atoms with E-state index in [-0.39, 0.29) is 5.54 Å². The Hall–Kier alpha value is -2.83. The van der Waals surface area contributed by atoms with E-state index in [1.807, 2.05) is 18.5 Å². The molecule has 0 saturated carbocycles. The van der Waals surface area contributed by atoms with Crippen molar-refractivity contribution >= 4 is 11.4 Å². The monoisotopic (exact) mass is 362 g/mol. The number of methoxy groups -OCH3 is 1. The number of anilines is 2. The van der Waals surface area contributed by atoms with Gasteiger partial charge in [0.05, 0.1) is 18.8 Å². The van der Waals surface area contributed by atoms with Gasteiger partial charge in [0.25, 0.3) is 0 Å². The third-order valence-electron chi connectivity index (χ3n) is 5.84. The smallest absolute Gasteiger partial charge is 0.129 e. The Balaban J connectivity index is 1.61. The SMILES string of the molecule is COc1ccc2c(c1)N(c1ccc(-c3cn[nH]c3)cc1)C1(CCNC1O)C2. The van der Waals surface area contributed by atoms with Crippen LogP contribution >= 0.6 is 0 Å². The van der Waals surface area contributed by atoms with Crippen molar-refractivity contribution in [3.05, 3.63) is 60.4 Å². The van der Waals surface area contributed by atoms with Crippen LogP contribution in [0.2, 0.25) is 0 Å². The van der Waals surface area contributed by atoms with Crippen LogP contribution in [0.1, 0.15) is 12.0 Å². The molecule has 27 heavy (non-hydrogen) atoms. The molecule has 0 bridgehead atoms. The van der Waals surface area contributed by atoms with Crippen LogP contribution in [0.15, 0.2) is 54.9 Å². The zero-order chi connectivity index (χ0) is 18.4. The second-order valence-corrected chi connectivity index (χ2v) is 7.25. The molecule has 6 heteroatoms. The van der Waals surface area contributed by atoms with E-state index in [0.717, 1.165) is 47.6 Å². The lowest BCUT2D eigenvalue weighted by atomic mass is 9.91. The summed E-state index contributed by atoms with van der Waals surface area (Å²) >= 11 is 0. The number of H-pyrrole nitrogens is 1. The number of ether oxygens (including phenoxy) is 1. The average molecular weight is 362 g/mol. The van der Waals surface area contributed by atoms with Crippen molar-refractivity contribution in [2.24, 2.45) is 0 Å². The quantitative estimate of drug-likeness (QED) is 0.668. The Bertz CT molecular complexity index is 955. The molecule has 0 radical (unpaired) electrons. The topological polar surface area (TPSA) is 73.4 Å². The summed E-state index contributed by atoms with van der Waals surface area (Å²) in [6.07, 6.45) is 4.82. The van der Waals surface area contributed by atoms with Gasteiger partial charge >= 0.3 is 0 Å². The third kappa shape index (κ3) is 2.44. The van der Waals surface area contributed by atoms with Crippen LogP contribution in [0.25, 0.3) is 11.1 Å². The standard InChI is InChI=1S/C21H22N4O2/c1-27-18-7-4-15-11-21(8-9-22-20(21)26)25(19(15)10-18)17-5-2-14(3-6-17)16-12-23-24-13-16/h2-7,10,12-13,20,22,26H,8-9,11H2,1H3,(H,23,24). The summed E-state index contributed by atoms with van der Waals surface area (Å²) in [5.41, 5.74) is 5.20. The minimum Gasteiger partial charge on any atom is -0.497 e. The summed E-state index contributed by atoms with van der Waals surface area (Å²) in [6, 6.07) is 14.6. The highest BCUT2D eigenvalue weighted by atomic mass is 16.5. The normalized spacial score (nSPS) is 23.8. The Kier molecular flexibility index (Phi) is 3.70. The lowest BCUT2D eigenvalue weighted by Gasteiger charge is -2.39. The molecule has 6 nitrogen and oxygen atoms in total. The first-order valence-electron chi connectivity index (χ1n) is 9.19. The van der Waals surface area contributed by atoms with E-state index in [1.165, 1.54) is 5.56 Å². The first-order valence-corrected chi connectivity index (χ1v) is 9.19. The summed E-state index contributed by atoms with van der Waals surface area (Å²) in [5, 5.41) is 20.9. The molecule has 1 saturated heterocycles.